The molecule has 3 saturated heterocycles. The van der Waals surface area contributed by atoms with Crippen molar-refractivity contribution < 1.29 is 33.2 Å². The molecule has 4 heterocycles. The van der Waals surface area contributed by atoms with Gasteiger partial charge in [-0.2, -0.15) is 5.01 Å². The van der Waals surface area contributed by atoms with Crippen molar-refractivity contribution in [3.63, 3.8) is 0 Å². The fourth-order valence-corrected chi connectivity index (χ4v) is 4.77. The van der Waals surface area contributed by atoms with Crippen molar-refractivity contribution in [2.75, 3.05) is 6.61 Å². The van der Waals surface area contributed by atoms with Crippen LogP contribution in [-0.4, -0.2) is 65.3 Å². The van der Waals surface area contributed by atoms with Crippen LogP contribution in [0.25, 0.3) is 0 Å². The van der Waals surface area contributed by atoms with Crippen LogP contribution in [0.1, 0.15) is 40.2 Å². The first-order chi connectivity index (χ1) is 14.5. The van der Waals surface area contributed by atoms with Gasteiger partial charge in [-0.25, -0.2) is 0 Å². The summed E-state index contributed by atoms with van der Waals surface area (Å²) in [5.74, 6) is -1.72. The van der Waals surface area contributed by atoms with Gasteiger partial charge in [0.25, 0.3) is 5.72 Å². The second kappa shape index (κ2) is 6.97. The molecular weight excluding hydrogens is 472 g/mol. The smallest absolute Gasteiger partial charge is 0.266 e. The SMILES string of the molecule is CC(=O)N1N=C(c2ccc(Br)cc2)O[C@]12[C@@H]([C@H]1COC(C)(C)O1)O[C@@H]1OC(C)(C)O[C@@H]12. The van der Waals surface area contributed by atoms with E-state index in [1.165, 1.54) is 11.9 Å². The highest BCUT2D eigenvalue weighted by Gasteiger charge is 2.74. The van der Waals surface area contributed by atoms with E-state index in [0.717, 1.165) is 10.0 Å². The molecule has 1 amide bonds. The standard InChI is InChI=1S/C21H25BrN2O7/c1-11(25)24-21(30-17(23-24)12-6-8-13(22)9-7-12)15(14-10-26-19(2,3)28-14)27-18-16(21)29-20(4,5)31-18/h6-9,14-16,18H,10H2,1-5H3/t14-,15-,16+,18-,21+/m1/s1. The molecule has 0 aliphatic carbocycles. The first-order valence-corrected chi connectivity index (χ1v) is 11.0. The zero-order valence-electron chi connectivity index (χ0n) is 18.0. The summed E-state index contributed by atoms with van der Waals surface area (Å²) in [7, 11) is 0. The number of ether oxygens (including phenoxy) is 6. The number of rotatable bonds is 2. The number of hydrogen-bond acceptors (Lipinski definition) is 8. The molecule has 0 N–H and O–H groups in total. The van der Waals surface area contributed by atoms with Gasteiger partial charge in [-0.15, -0.1) is 5.10 Å². The van der Waals surface area contributed by atoms with Gasteiger partial charge in [0.05, 0.1) is 6.61 Å². The number of amides is 1. The lowest BCUT2D eigenvalue weighted by Crippen LogP contribution is -2.63. The average Bonchev–Trinajstić information content (AvgIpc) is 3.38. The predicted molar refractivity (Wildman–Crippen MR) is 111 cm³/mol. The van der Waals surface area contributed by atoms with Crippen LogP contribution in [0.3, 0.4) is 0 Å². The molecule has 4 aliphatic heterocycles. The summed E-state index contributed by atoms with van der Waals surface area (Å²) in [5, 5.41) is 5.84. The highest BCUT2D eigenvalue weighted by molar-refractivity contribution is 9.10. The second-order valence-electron chi connectivity index (χ2n) is 8.95. The Morgan fingerprint density at radius 1 is 1.06 bits per heavy atom. The lowest BCUT2D eigenvalue weighted by Gasteiger charge is -2.39. The number of fused-ring (bicyclic) bond motifs is 2. The van der Waals surface area contributed by atoms with Crippen molar-refractivity contribution in [2.24, 2.45) is 5.10 Å². The molecule has 0 bridgehead atoms. The molecule has 5 rings (SSSR count). The monoisotopic (exact) mass is 496 g/mol. The van der Waals surface area contributed by atoms with Gasteiger partial charge in [0.1, 0.15) is 6.10 Å². The molecule has 3 fully saturated rings. The largest absolute Gasteiger partial charge is 0.441 e. The maximum atomic E-state index is 12.8. The van der Waals surface area contributed by atoms with E-state index < -0.39 is 41.9 Å². The van der Waals surface area contributed by atoms with Crippen molar-refractivity contribution in [3.05, 3.63) is 34.3 Å². The van der Waals surface area contributed by atoms with Crippen LogP contribution < -0.4 is 0 Å². The van der Waals surface area contributed by atoms with E-state index in [1.807, 2.05) is 38.1 Å². The number of halogens is 1. The minimum atomic E-state index is -1.40. The summed E-state index contributed by atoms with van der Waals surface area (Å²) >= 11 is 3.43. The quantitative estimate of drug-likeness (QED) is 0.621. The van der Waals surface area contributed by atoms with Crippen molar-refractivity contribution in [1.82, 2.24) is 5.01 Å². The summed E-state index contributed by atoms with van der Waals surface area (Å²) in [6.07, 6.45) is -2.76. The molecular formula is C21H25BrN2O7. The summed E-state index contributed by atoms with van der Waals surface area (Å²) in [4.78, 5) is 12.8. The Balaban J connectivity index is 1.57. The molecule has 0 aromatic heterocycles. The molecule has 31 heavy (non-hydrogen) atoms. The molecule has 1 aromatic carbocycles. The Morgan fingerprint density at radius 2 is 1.77 bits per heavy atom. The molecule has 9 nitrogen and oxygen atoms in total. The molecule has 0 saturated carbocycles. The first-order valence-electron chi connectivity index (χ1n) is 10.2. The number of carbonyl (C=O) groups is 1. The van der Waals surface area contributed by atoms with E-state index in [4.69, 9.17) is 28.4 Å². The Hall–Kier alpha value is -1.56. The van der Waals surface area contributed by atoms with Crippen molar-refractivity contribution in [3.8, 4) is 0 Å². The topological polar surface area (TPSA) is 88.1 Å². The predicted octanol–water partition coefficient (Wildman–Crippen LogP) is 2.71. The summed E-state index contributed by atoms with van der Waals surface area (Å²) in [6.45, 7) is 8.94. The van der Waals surface area contributed by atoms with Gasteiger partial charge < -0.3 is 28.4 Å². The van der Waals surface area contributed by atoms with E-state index in [1.54, 1.807) is 13.8 Å². The fraction of sp³-hybridized carbons (Fsp3) is 0.619. The molecule has 0 unspecified atom stereocenters. The molecule has 0 radical (unpaired) electrons. The Kier molecular flexibility index (Phi) is 4.79. The number of nitrogens with zero attached hydrogens (tertiary/aromatic N) is 2. The van der Waals surface area contributed by atoms with E-state index in [9.17, 15) is 4.79 Å². The third kappa shape index (κ3) is 3.40. The average molecular weight is 497 g/mol. The lowest BCUT2D eigenvalue weighted by molar-refractivity contribution is -0.262. The highest BCUT2D eigenvalue weighted by Crippen LogP contribution is 2.51. The van der Waals surface area contributed by atoms with Crippen LogP contribution in [0.4, 0.5) is 0 Å². The van der Waals surface area contributed by atoms with Gasteiger partial charge in [-0.05, 0) is 52.0 Å². The molecule has 168 valence electrons. The second-order valence-corrected chi connectivity index (χ2v) is 9.86. The highest BCUT2D eigenvalue weighted by atomic mass is 79.9. The van der Waals surface area contributed by atoms with Gasteiger partial charge in [0.15, 0.2) is 30.1 Å². The summed E-state index contributed by atoms with van der Waals surface area (Å²) in [5.41, 5.74) is -0.683. The summed E-state index contributed by atoms with van der Waals surface area (Å²) < 4.78 is 37.7. The third-order valence-electron chi connectivity index (χ3n) is 5.69. The van der Waals surface area contributed by atoms with E-state index in [-0.39, 0.29) is 12.5 Å². The van der Waals surface area contributed by atoms with Crippen LogP contribution >= 0.6 is 15.9 Å². The zero-order chi connectivity index (χ0) is 22.2. The van der Waals surface area contributed by atoms with Gasteiger partial charge in [-0.1, -0.05) is 15.9 Å². The molecule has 10 heteroatoms. The Morgan fingerprint density at radius 3 is 2.39 bits per heavy atom. The minimum Gasteiger partial charge on any atom is -0.441 e. The normalized spacial score (nSPS) is 37.7. The lowest BCUT2D eigenvalue weighted by atomic mass is 9.97. The Labute approximate surface area is 188 Å². The Bertz CT molecular complexity index is 934. The van der Waals surface area contributed by atoms with E-state index in [2.05, 4.69) is 21.0 Å². The number of hydrazone groups is 1. The molecule has 1 spiro atoms. The van der Waals surface area contributed by atoms with Crippen LogP contribution in [0.15, 0.2) is 33.8 Å². The van der Waals surface area contributed by atoms with Gasteiger partial charge in [0, 0.05) is 17.0 Å². The maximum absolute atomic E-state index is 12.8. The summed E-state index contributed by atoms with van der Waals surface area (Å²) in [6, 6.07) is 7.47. The van der Waals surface area contributed by atoms with Crippen molar-refractivity contribution in [2.45, 2.75) is 76.5 Å². The molecule has 5 atom stereocenters. The van der Waals surface area contributed by atoms with Crippen LogP contribution in [0.5, 0.6) is 0 Å². The number of benzene rings is 1. The van der Waals surface area contributed by atoms with Crippen molar-refractivity contribution >= 4 is 27.7 Å². The zero-order valence-corrected chi connectivity index (χ0v) is 19.5. The van der Waals surface area contributed by atoms with Crippen LogP contribution in [-0.2, 0) is 33.2 Å². The van der Waals surface area contributed by atoms with Gasteiger partial charge in [-0.3, -0.25) is 4.79 Å². The first kappa shape index (κ1) is 21.3. The maximum Gasteiger partial charge on any atom is 0.266 e. The number of hydrogen-bond donors (Lipinski definition) is 0. The molecule has 4 aliphatic rings. The number of carbonyl (C=O) groups excluding carboxylic acids is 1. The van der Waals surface area contributed by atoms with Gasteiger partial charge in [0.2, 0.25) is 11.8 Å². The van der Waals surface area contributed by atoms with Crippen LogP contribution in [0, 0.1) is 0 Å². The van der Waals surface area contributed by atoms with Crippen molar-refractivity contribution in [1.29, 1.82) is 0 Å². The molecule has 1 aromatic rings. The van der Waals surface area contributed by atoms with Crippen LogP contribution in [0.2, 0.25) is 0 Å². The fourth-order valence-electron chi connectivity index (χ4n) is 4.50. The minimum absolute atomic E-state index is 0.269. The third-order valence-corrected chi connectivity index (χ3v) is 6.22. The van der Waals surface area contributed by atoms with E-state index in [0.29, 0.717) is 5.90 Å². The van der Waals surface area contributed by atoms with E-state index >= 15 is 0 Å². The van der Waals surface area contributed by atoms with Gasteiger partial charge >= 0.3 is 0 Å².